The number of hydrogen-bond acceptors (Lipinski definition) is 6. The Balaban J connectivity index is 1.65. The topological polar surface area (TPSA) is 72.6 Å². The van der Waals surface area contributed by atoms with Crippen LogP contribution in [0.1, 0.15) is 15.4 Å². The fourth-order valence-corrected chi connectivity index (χ4v) is 2.99. The summed E-state index contributed by atoms with van der Waals surface area (Å²) in [5.41, 5.74) is 0.782. The van der Waals surface area contributed by atoms with E-state index in [-0.39, 0.29) is 4.88 Å². The number of carbonyl (C=O) groups is 1. The Bertz CT molecular complexity index is 714. The van der Waals surface area contributed by atoms with Crippen molar-refractivity contribution in [2.45, 2.75) is 6.61 Å². The highest BCUT2D eigenvalue weighted by Gasteiger charge is 2.10. The van der Waals surface area contributed by atoms with Gasteiger partial charge in [-0.05, 0) is 12.1 Å². The summed E-state index contributed by atoms with van der Waals surface area (Å²) in [7, 11) is 0. The lowest BCUT2D eigenvalue weighted by atomic mass is 10.4. The second-order valence-electron chi connectivity index (χ2n) is 3.86. The summed E-state index contributed by atoms with van der Waals surface area (Å²) < 4.78 is 10.8. The number of aromatic carboxylic acids is 1. The predicted molar refractivity (Wildman–Crippen MR) is 75.4 cm³/mol. The highest BCUT2D eigenvalue weighted by molar-refractivity contribution is 7.13. The van der Waals surface area contributed by atoms with Crippen molar-refractivity contribution in [1.29, 1.82) is 0 Å². The van der Waals surface area contributed by atoms with E-state index >= 15 is 0 Å². The van der Waals surface area contributed by atoms with Crippen molar-refractivity contribution in [2.24, 2.45) is 0 Å². The molecule has 0 aliphatic rings. The Morgan fingerprint density at radius 1 is 1.40 bits per heavy atom. The monoisotopic (exact) mass is 307 g/mol. The molecule has 0 fully saturated rings. The molecule has 5 nitrogen and oxygen atoms in total. The van der Waals surface area contributed by atoms with Crippen LogP contribution < -0.4 is 4.74 Å². The van der Waals surface area contributed by atoms with Gasteiger partial charge in [0.25, 0.3) is 0 Å². The first kappa shape index (κ1) is 12.9. The van der Waals surface area contributed by atoms with Crippen molar-refractivity contribution in [3.63, 3.8) is 0 Å². The maximum Gasteiger partial charge on any atom is 0.346 e. The fraction of sp³-hybridized carbons (Fsp3) is 0.0769. The van der Waals surface area contributed by atoms with Crippen LogP contribution >= 0.6 is 22.7 Å². The maximum absolute atomic E-state index is 10.8. The van der Waals surface area contributed by atoms with Gasteiger partial charge in [-0.1, -0.05) is 0 Å². The third kappa shape index (κ3) is 2.73. The summed E-state index contributed by atoms with van der Waals surface area (Å²) in [5, 5.41) is 13.2. The van der Waals surface area contributed by atoms with Gasteiger partial charge in [0, 0.05) is 16.8 Å². The number of nitrogens with zero attached hydrogens (tertiary/aromatic N) is 1. The number of hydrogen-bond donors (Lipinski definition) is 1. The van der Waals surface area contributed by atoms with Crippen LogP contribution in [0.5, 0.6) is 5.75 Å². The summed E-state index contributed by atoms with van der Waals surface area (Å²) in [5.74, 6) is 0.323. The third-order valence-corrected chi connectivity index (χ3v) is 4.26. The lowest BCUT2D eigenvalue weighted by Gasteiger charge is -1.99. The third-order valence-electron chi connectivity index (χ3n) is 2.46. The molecule has 0 aromatic carbocycles. The van der Waals surface area contributed by atoms with Crippen LogP contribution in [0.25, 0.3) is 10.8 Å². The van der Waals surface area contributed by atoms with E-state index in [0.29, 0.717) is 12.4 Å². The number of carboxylic acid groups (broad SMARTS) is 1. The maximum atomic E-state index is 10.8. The van der Waals surface area contributed by atoms with Crippen LogP contribution in [0.2, 0.25) is 0 Å². The molecular formula is C13H9NO4S2. The van der Waals surface area contributed by atoms with Crippen molar-refractivity contribution < 1.29 is 19.1 Å². The second-order valence-corrected chi connectivity index (χ2v) is 5.63. The number of aromatic nitrogens is 1. The normalized spacial score (nSPS) is 10.6. The van der Waals surface area contributed by atoms with Crippen LogP contribution in [0, 0.1) is 0 Å². The van der Waals surface area contributed by atoms with Crippen LogP contribution in [0.15, 0.2) is 39.6 Å². The molecule has 0 saturated heterocycles. The molecule has 0 aliphatic carbocycles. The molecule has 0 bridgehead atoms. The number of thiophene rings is 1. The van der Waals surface area contributed by atoms with Crippen LogP contribution in [-0.4, -0.2) is 16.1 Å². The minimum absolute atomic E-state index is 0.259. The molecule has 0 aliphatic heterocycles. The van der Waals surface area contributed by atoms with Gasteiger partial charge >= 0.3 is 5.97 Å². The quantitative estimate of drug-likeness (QED) is 0.777. The lowest BCUT2D eigenvalue weighted by molar-refractivity contribution is 0.0702. The zero-order chi connectivity index (χ0) is 13.9. The minimum Gasteiger partial charge on any atom is -0.486 e. The fourth-order valence-electron chi connectivity index (χ4n) is 1.55. The molecule has 3 aromatic rings. The summed E-state index contributed by atoms with van der Waals surface area (Å²) >= 11 is 2.61. The first-order valence-electron chi connectivity index (χ1n) is 5.65. The van der Waals surface area contributed by atoms with Gasteiger partial charge in [0.05, 0.1) is 12.0 Å². The van der Waals surface area contributed by atoms with Gasteiger partial charge in [0.1, 0.15) is 17.2 Å². The summed E-state index contributed by atoms with van der Waals surface area (Å²) in [4.78, 5) is 15.4. The van der Waals surface area contributed by atoms with Crippen molar-refractivity contribution >= 4 is 28.6 Å². The van der Waals surface area contributed by atoms with Crippen molar-refractivity contribution in [3.05, 3.63) is 45.8 Å². The summed E-state index contributed by atoms with van der Waals surface area (Å²) in [6, 6.07) is 5.17. The van der Waals surface area contributed by atoms with E-state index in [1.807, 2.05) is 17.5 Å². The predicted octanol–water partition coefficient (Wildman–Crippen LogP) is 3.74. The molecule has 3 heterocycles. The van der Waals surface area contributed by atoms with Crippen molar-refractivity contribution in [3.8, 4) is 16.5 Å². The zero-order valence-electron chi connectivity index (χ0n) is 10.1. The highest BCUT2D eigenvalue weighted by Crippen LogP contribution is 2.26. The molecule has 20 heavy (non-hydrogen) atoms. The van der Waals surface area contributed by atoms with Gasteiger partial charge in [-0.3, -0.25) is 0 Å². The van der Waals surface area contributed by atoms with Gasteiger partial charge in [0.2, 0.25) is 0 Å². The van der Waals surface area contributed by atoms with Gasteiger partial charge in [-0.25, -0.2) is 9.78 Å². The van der Waals surface area contributed by atoms with Crippen LogP contribution in [0.3, 0.4) is 0 Å². The van der Waals surface area contributed by atoms with E-state index in [1.165, 1.54) is 17.4 Å². The molecule has 0 unspecified atom stereocenters. The SMILES string of the molecule is O=C(O)c1cc(OCc2csc(-c3ccco3)n2)cs1. The molecule has 1 N–H and O–H groups in total. The van der Waals surface area contributed by atoms with Crippen molar-refractivity contribution in [2.75, 3.05) is 0 Å². The molecule has 7 heteroatoms. The van der Waals surface area contributed by atoms with E-state index < -0.39 is 5.97 Å². The van der Waals surface area contributed by atoms with Gasteiger partial charge < -0.3 is 14.3 Å². The molecule has 0 spiro atoms. The molecular weight excluding hydrogens is 298 g/mol. The van der Waals surface area contributed by atoms with Gasteiger partial charge in [-0.15, -0.1) is 22.7 Å². The van der Waals surface area contributed by atoms with E-state index in [0.717, 1.165) is 27.8 Å². The molecule has 0 amide bonds. The summed E-state index contributed by atoms with van der Waals surface area (Å²) in [6.07, 6.45) is 1.60. The zero-order valence-corrected chi connectivity index (χ0v) is 11.7. The molecule has 0 atom stereocenters. The van der Waals surface area contributed by atoms with Crippen LogP contribution in [0.4, 0.5) is 0 Å². The average Bonchev–Trinajstić information content (AvgIpc) is 3.17. The molecule has 0 saturated carbocycles. The van der Waals surface area contributed by atoms with E-state index in [1.54, 1.807) is 11.6 Å². The number of thiazole rings is 1. The van der Waals surface area contributed by atoms with Gasteiger partial charge in [-0.2, -0.15) is 0 Å². The Hall–Kier alpha value is -2.12. The second kappa shape index (κ2) is 5.48. The Morgan fingerprint density at radius 2 is 2.30 bits per heavy atom. The molecule has 3 aromatic heterocycles. The number of furan rings is 1. The number of ether oxygens (including phenoxy) is 1. The Labute approximate surface area is 122 Å². The number of rotatable bonds is 5. The largest absolute Gasteiger partial charge is 0.486 e. The smallest absolute Gasteiger partial charge is 0.346 e. The number of carboxylic acids is 1. The standard InChI is InChI=1S/C13H9NO4S2/c15-13(16)11-4-9(7-19-11)18-5-8-6-20-12(14-8)10-2-1-3-17-10/h1-4,6-7H,5H2,(H,15,16). The average molecular weight is 307 g/mol. The molecule has 102 valence electrons. The Morgan fingerprint density at radius 3 is 3.00 bits per heavy atom. The van der Waals surface area contributed by atoms with Crippen molar-refractivity contribution in [1.82, 2.24) is 4.98 Å². The first-order valence-corrected chi connectivity index (χ1v) is 7.41. The molecule has 3 rings (SSSR count). The highest BCUT2D eigenvalue weighted by atomic mass is 32.1. The van der Waals surface area contributed by atoms with E-state index in [4.69, 9.17) is 14.3 Å². The Kier molecular flexibility index (Phi) is 3.53. The van der Waals surface area contributed by atoms with Gasteiger partial charge in [0.15, 0.2) is 10.8 Å². The minimum atomic E-state index is -0.946. The lowest BCUT2D eigenvalue weighted by Crippen LogP contribution is -1.95. The van der Waals surface area contributed by atoms with Crippen LogP contribution in [-0.2, 0) is 6.61 Å². The molecule has 0 radical (unpaired) electrons. The summed E-state index contributed by atoms with van der Waals surface area (Å²) in [6.45, 7) is 0.299. The van der Waals surface area contributed by atoms with E-state index in [9.17, 15) is 4.79 Å². The van der Waals surface area contributed by atoms with E-state index in [2.05, 4.69) is 4.98 Å². The first-order chi connectivity index (χ1) is 9.72.